The lowest BCUT2D eigenvalue weighted by Crippen LogP contribution is -2.73. The second kappa shape index (κ2) is 1.74. The maximum absolute atomic E-state index is 5.98. The molecule has 3 nitrogen and oxygen atoms in total. The van der Waals surface area contributed by atoms with Crippen LogP contribution in [0.3, 0.4) is 0 Å². The largest absolute Gasteiger partial charge is 0.337 e. The van der Waals surface area contributed by atoms with Gasteiger partial charge in [0.2, 0.25) is 0 Å². The Bertz CT molecular complexity index is 282. The lowest BCUT2D eigenvalue weighted by molar-refractivity contribution is -0.141. The molecule has 2 N–H and O–H groups in total. The van der Waals surface area contributed by atoms with Gasteiger partial charge in [-0.15, -0.1) is 0 Å². The number of aromatic nitrogens is 2. The van der Waals surface area contributed by atoms with Crippen molar-refractivity contribution in [2.24, 2.45) is 11.1 Å². The minimum Gasteiger partial charge on any atom is -0.337 e. The molecular weight excluding hydrogens is 150 g/mol. The standard InChI is InChI=1S/C9H13N3/c10-9-3-8(4-9,5-9)6-12-2-1-11-7-12/h1-2,7H,3-6,10H2. The first-order valence-electron chi connectivity index (χ1n) is 4.45. The first-order chi connectivity index (χ1) is 5.70. The van der Waals surface area contributed by atoms with Crippen LogP contribution in [0, 0.1) is 5.41 Å². The van der Waals surface area contributed by atoms with E-state index in [1.807, 2.05) is 18.7 Å². The van der Waals surface area contributed by atoms with Crippen LogP contribution in [0.1, 0.15) is 19.3 Å². The Labute approximate surface area is 71.6 Å². The highest BCUT2D eigenvalue weighted by Gasteiger charge is 2.65. The normalized spacial score (nSPS) is 43.4. The lowest BCUT2D eigenvalue weighted by atomic mass is 9.40. The topological polar surface area (TPSA) is 43.8 Å². The molecule has 1 heterocycles. The second-order valence-electron chi connectivity index (χ2n) is 4.63. The molecule has 0 aliphatic heterocycles. The van der Waals surface area contributed by atoms with E-state index in [0.717, 1.165) is 6.54 Å². The first kappa shape index (κ1) is 6.66. The molecule has 0 spiro atoms. The predicted octanol–water partition coefficient (Wildman–Crippen LogP) is 0.764. The lowest BCUT2D eigenvalue weighted by Gasteiger charge is -2.69. The number of nitrogens with zero attached hydrogens (tertiary/aromatic N) is 2. The number of nitrogens with two attached hydrogens (primary N) is 1. The predicted molar refractivity (Wildman–Crippen MR) is 45.4 cm³/mol. The van der Waals surface area contributed by atoms with Crippen molar-refractivity contribution < 1.29 is 0 Å². The van der Waals surface area contributed by atoms with E-state index in [1.54, 1.807) is 0 Å². The average Bonchev–Trinajstić information content (AvgIpc) is 2.33. The zero-order chi connectivity index (χ0) is 8.23. The molecule has 0 saturated heterocycles. The van der Waals surface area contributed by atoms with Crippen molar-refractivity contribution >= 4 is 0 Å². The van der Waals surface area contributed by atoms with Crippen LogP contribution in [0.5, 0.6) is 0 Å². The highest BCUT2D eigenvalue weighted by Crippen LogP contribution is 2.66. The van der Waals surface area contributed by atoms with E-state index in [-0.39, 0.29) is 5.54 Å². The Morgan fingerprint density at radius 3 is 2.67 bits per heavy atom. The average molecular weight is 163 g/mol. The summed E-state index contributed by atoms with van der Waals surface area (Å²) in [5.74, 6) is 0. The fourth-order valence-electron chi connectivity index (χ4n) is 3.02. The summed E-state index contributed by atoms with van der Waals surface area (Å²) < 4.78 is 2.17. The summed E-state index contributed by atoms with van der Waals surface area (Å²) in [6.07, 6.45) is 9.42. The summed E-state index contributed by atoms with van der Waals surface area (Å²) in [6.45, 7) is 1.12. The minimum absolute atomic E-state index is 0.237. The van der Waals surface area contributed by atoms with Crippen molar-refractivity contribution in [3.8, 4) is 0 Å². The number of hydrogen-bond acceptors (Lipinski definition) is 2. The minimum atomic E-state index is 0.237. The van der Waals surface area contributed by atoms with Gasteiger partial charge in [-0.1, -0.05) is 0 Å². The Hall–Kier alpha value is -0.830. The molecule has 3 fully saturated rings. The van der Waals surface area contributed by atoms with E-state index < -0.39 is 0 Å². The van der Waals surface area contributed by atoms with Crippen molar-refractivity contribution in [1.29, 1.82) is 0 Å². The molecule has 3 saturated carbocycles. The highest BCUT2D eigenvalue weighted by molar-refractivity contribution is 5.21. The van der Waals surface area contributed by atoms with Crippen LogP contribution in [-0.2, 0) is 6.54 Å². The van der Waals surface area contributed by atoms with Crippen molar-refractivity contribution in [3.63, 3.8) is 0 Å². The molecule has 4 rings (SSSR count). The van der Waals surface area contributed by atoms with Crippen molar-refractivity contribution in [3.05, 3.63) is 18.7 Å². The third-order valence-corrected chi connectivity index (χ3v) is 3.26. The summed E-state index contributed by atoms with van der Waals surface area (Å²) in [6, 6.07) is 0. The molecule has 0 amide bonds. The van der Waals surface area contributed by atoms with Gasteiger partial charge in [0, 0.05) is 24.5 Å². The summed E-state index contributed by atoms with van der Waals surface area (Å²) in [4.78, 5) is 4.03. The summed E-state index contributed by atoms with van der Waals surface area (Å²) in [5, 5.41) is 0. The van der Waals surface area contributed by atoms with Gasteiger partial charge in [0.15, 0.2) is 0 Å². The van der Waals surface area contributed by atoms with Crippen LogP contribution in [0.4, 0.5) is 0 Å². The number of imidazole rings is 1. The van der Waals surface area contributed by atoms with Gasteiger partial charge in [-0.3, -0.25) is 0 Å². The van der Waals surface area contributed by atoms with Gasteiger partial charge in [-0.05, 0) is 24.7 Å². The molecule has 1 aromatic rings. The second-order valence-corrected chi connectivity index (χ2v) is 4.63. The Morgan fingerprint density at radius 1 is 1.42 bits per heavy atom. The highest BCUT2D eigenvalue weighted by atomic mass is 15.1. The van der Waals surface area contributed by atoms with Crippen LogP contribution >= 0.6 is 0 Å². The van der Waals surface area contributed by atoms with E-state index >= 15 is 0 Å². The molecule has 0 radical (unpaired) electrons. The molecule has 0 aromatic carbocycles. The Morgan fingerprint density at radius 2 is 2.17 bits per heavy atom. The zero-order valence-electron chi connectivity index (χ0n) is 7.03. The fourth-order valence-corrected chi connectivity index (χ4v) is 3.02. The quantitative estimate of drug-likeness (QED) is 0.699. The van der Waals surface area contributed by atoms with E-state index in [9.17, 15) is 0 Å². The van der Waals surface area contributed by atoms with Gasteiger partial charge in [0.1, 0.15) is 0 Å². The summed E-state index contributed by atoms with van der Waals surface area (Å²) in [5.41, 5.74) is 6.76. The van der Waals surface area contributed by atoms with Gasteiger partial charge < -0.3 is 10.3 Å². The maximum Gasteiger partial charge on any atom is 0.0946 e. The van der Waals surface area contributed by atoms with Crippen LogP contribution in [0.25, 0.3) is 0 Å². The summed E-state index contributed by atoms with van der Waals surface area (Å²) >= 11 is 0. The number of hydrogen-bond donors (Lipinski definition) is 1. The molecule has 1 aromatic heterocycles. The third-order valence-electron chi connectivity index (χ3n) is 3.26. The van der Waals surface area contributed by atoms with Gasteiger partial charge >= 0.3 is 0 Å². The van der Waals surface area contributed by atoms with Crippen molar-refractivity contribution in [1.82, 2.24) is 9.55 Å². The van der Waals surface area contributed by atoms with E-state index in [0.29, 0.717) is 5.41 Å². The Kier molecular flexibility index (Phi) is 0.966. The van der Waals surface area contributed by atoms with E-state index in [1.165, 1.54) is 19.3 Å². The monoisotopic (exact) mass is 163 g/mol. The molecule has 2 bridgehead atoms. The molecular formula is C9H13N3. The first-order valence-corrected chi connectivity index (χ1v) is 4.45. The fraction of sp³-hybridized carbons (Fsp3) is 0.667. The zero-order valence-corrected chi connectivity index (χ0v) is 7.03. The van der Waals surface area contributed by atoms with Gasteiger partial charge in [0.05, 0.1) is 6.33 Å². The van der Waals surface area contributed by atoms with Crippen LogP contribution < -0.4 is 5.73 Å². The number of rotatable bonds is 2. The third kappa shape index (κ3) is 0.719. The molecule has 3 heteroatoms. The summed E-state index contributed by atoms with van der Waals surface area (Å²) in [7, 11) is 0. The molecule has 0 atom stereocenters. The van der Waals surface area contributed by atoms with Crippen LogP contribution in [0.2, 0.25) is 0 Å². The van der Waals surface area contributed by atoms with E-state index in [4.69, 9.17) is 5.73 Å². The molecule has 64 valence electrons. The smallest absolute Gasteiger partial charge is 0.0946 e. The van der Waals surface area contributed by atoms with Gasteiger partial charge in [-0.2, -0.15) is 0 Å². The molecule has 12 heavy (non-hydrogen) atoms. The van der Waals surface area contributed by atoms with Crippen LogP contribution in [-0.4, -0.2) is 15.1 Å². The molecule has 3 aliphatic rings. The molecule has 0 unspecified atom stereocenters. The van der Waals surface area contributed by atoms with Gasteiger partial charge in [0.25, 0.3) is 0 Å². The van der Waals surface area contributed by atoms with Crippen molar-refractivity contribution in [2.75, 3.05) is 0 Å². The van der Waals surface area contributed by atoms with Gasteiger partial charge in [-0.25, -0.2) is 4.98 Å². The Balaban J connectivity index is 1.72. The maximum atomic E-state index is 5.98. The van der Waals surface area contributed by atoms with Crippen LogP contribution in [0.15, 0.2) is 18.7 Å². The molecule has 3 aliphatic carbocycles. The van der Waals surface area contributed by atoms with E-state index in [2.05, 4.69) is 9.55 Å². The van der Waals surface area contributed by atoms with Crippen molar-refractivity contribution in [2.45, 2.75) is 31.3 Å². The SMILES string of the molecule is NC12CC(Cn3ccnc3)(C1)C2.